The van der Waals surface area contributed by atoms with E-state index in [4.69, 9.17) is 14.2 Å². The molecule has 0 aromatic heterocycles. The highest BCUT2D eigenvalue weighted by atomic mass is 16.6. The van der Waals surface area contributed by atoms with Crippen molar-refractivity contribution in [3.8, 4) is 17.2 Å². The largest absolute Gasteiger partial charge is 0.488 e. The van der Waals surface area contributed by atoms with Gasteiger partial charge in [-0.05, 0) is 19.5 Å². The van der Waals surface area contributed by atoms with E-state index in [9.17, 15) is 0 Å². The van der Waals surface area contributed by atoms with Crippen LogP contribution < -0.4 is 19.5 Å². The van der Waals surface area contributed by atoms with E-state index in [1.807, 2.05) is 25.3 Å². The summed E-state index contributed by atoms with van der Waals surface area (Å²) < 4.78 is 16.6. The van der Waals surface area contributed by atoms with Crippen LogP contribution >= 0.6 is 0 Å². The Balaban J connectivity index is 2.28. The van der Waals surface area contributed by atoms with Crippen molar-refractivity contribution in [3.63, 3.8) is 0 Å². The van der Waals surface area contributed by atoms with Crippen LogP contribution in [0.1, 0.15) is 5.56 Å². The molecule has 1 aliphatic rings. The summed E-state index contributed by atoms with van der Waals surface area (Å²) in [6.45, 7) is 5.10. The van der Waals surface area contributed by atoms with Crippen molar-refractivity contribution in [1.82, 2.24) is 5.32 Å². The average molecular weight is 247 g/mol. The van der Waals surface area contributed by atoms with Gasteiger partial charge in [-0.3, -0.25) is 0 Å². The molecule has 0 bridgehead atoms. The average Bonchev–Trinajstić information content (AvgIpc) is 2.41. The first-order valence-corrected chi connectivity index (χ1v) is 5.89. The molecule has 4 heteroatoms. The maximum Gasteiger partial charge on any atom is 0.211 e. The van der Waals surface area contributed by atoms with E-state index in [1.54, 1.807) is 0 Å². The lowest BCUT2D eigenvalue weighted by atomic mass is 10.1. The Hall–Kier alpha value is -1.94. The fourth-order valence-electron chi connectivity index (χ4n) is 1.72. The number of fused-ring (bicyclic) bond motifs is 1. The number of benzene rings is 1. The van der Waals surface area contributed by atoms with Gasteiger partial charge < -0.3 is 19.5 Å². The van der Waals surface area contributed by atoms with Crippen LogP contribution in [0.25, 0.3) is 0 Å². The highest BCUT2D eigenvalue weighted by Crippen LogP contribution is 2.42. The quantitative estimate of drug-likeness (QED) is 0.618. The third-order valence-corrected chi connectivity index (χ3v) is 2.56. The Morgan fingerprint density at radius 3 is 2.94 bits per heavy atom. The van der Waals surface area contributed by atoms with Crippen LogP contribution in [-0.2, 0) is 6.42 Å². The first-order valence-electron chi connectivity index (χ1n) is 5.89. The van der Waals surface area contributed by atoms with Crippen molar-refractivity contribution in [2.45, 2.75) is 6.42 Å². The number of ether oxygens (including phenoxy) is 3. The number of likely N-dealkylation sites (N-methyl/N-ethyl adjacent to an activating group) is 1. The first-order chi connectivity index (χ1) is 8.86. The maximum absolute atomic E-state index is 5.78. The van der Waals surface area contributed by atoms with E-state index in [-0.39, 0.29) is 0 Å². The van der Waals surface area contributed by atoms with Crippen molar-refractivity contribution >= 4 is 0 Å². The normalized spacial score (nSPS) is 12.3. The predicted octanol–water partition coefficient (Wildman–Crippen LogP) is 2.26. The Morgan fingerprint density at radius 1 is 1.33 bits per heavy atom. The van der Waals surface area contributed by atoms with Gasteiger partial charge in [0.25, 0.3) is 0 Å². The lowest BCUT2D eigenvalue weighted by molar-refractivity contribution is 0.285. The summed E-state index contributed by atoms with van der Waals surface area (Å²) in [5, 5.41) is 3.04. The van der Waals surface area contributed by atoms with E-state index in [2.05, 4.69) is 11.9 Å². The van der Waals surface area contributed by atoms with Gasteiger partial charge in [0.2, 0.25) is 5.75 Å². The molecule has 1 N–H and O–H groups in total. The van der Waals surface area contributed by atoms with Crippen LogP contribution in [0.2, 0.25) is 0 Å². The van der Waals surface area contributed by atoms with Crippen molar-refractivity contribution in [2.24, 2.45) is 0 Å². The zero-order valence-corrected chi connectivity index (χ0v) is 10.4. The van der Waals surface area contributed by atoms with Crippen LogP contribution in [0.3, 0.4) is 0 Å². The van der Waals surface area contributed by atoms with Gasteiger partial charge in [0.15, 0.2) is 11.5 Å². The molecule has 0 amide bonds. The fourth-order valence-corrected chi connectivity index (χ4v) is 1.72. The molecule has 0 fully saturated rings. The van der Waals surface area contributed by atoms with Gasteiger partial charge >= 0.3 is 0 Å². The molecule has 0 aliphatic carbocycles. The van der Waals surface area contributed by atoms with Gasteiger partial charge in [-0.1, -0.05) is 12.1 Å². The molecule has 1 heterocycles. The highest BCUT2D eigenvalue weighted by molar-refractivity contribution is 5.57. The fraction of sp³-hybridized carbons (Fsp3) is 0.286. The van der Waals surface area contributed by atoms with Gasteiger partial charge in [-0.2, -0.15) is 0 Å². The Bertz CT molecular complexity index is 455. The minimum Gasteiger partial charge on any atom is -0.488 e. The Kier molecular flexibility index (Phi) is 4.25. The Labute approximate surface area is 107 Å². The molecule has 0 saturated carbocycles. The van der Waals surface area contributed by atoms with Gasteiger partial charge in [0, 0.05) is 12.1 Å². The van der Waals surface area contributed by atoms with E-state index in [0.717, 1.165) is 24.3 Å². The summed E-state index contributed by atoms with van der Waals surface area (Å²) in [5.41, 5.74) is 1.04. The number of nitrogens with one attached hydrogen (secondary N) is 1. The molecule has 1 aliphatic heterocycles. The van der Waals surface area contributed by atoms with E-state index in [0.29, 0.717) is 18.1 Å². The van der Waals surface area contributed by atoms with Crippen molar-refractivity contribution < 1.29 is 14.2 Å². The van der Waals surface area contributed by atoms with Crippen molar-refractivity contribution in [2.75, 3.05) is 20.2 Å². The molecule has 1 aromatic rings. The molecular weight excluding hydrogens is 230 g/mol. The second-order valence-corrected chi connectivity index (χ2v) is 3.83. The molecule has 1 aromatic carbocycles. The SMILES string of the molecule is C=CCc1ccc2c(c1OCCNC)OC=CO2. The number of allylic oxidation sites excluding steroid dienone is 1. The minimum atomic E-state index is 0.574. The Morgan fingerprint density at radius 2 is 2.17 bits per heavy atom. The van der Waals surface area contributed by atoms with E-state index < -0.39 is 0 Å². The smallest absolute Gasteiger partial charge is 0.211 e. The lowest BCUT2D eigenvalue weighted by Crippen LogP contribution is -2.17. The molecular formula is C14H17NO3. The second-order valence-electron chi connectivity index (χ2n) is 3.83. The molecule has 2 rings (SSSR count). The van der Waals surface area contributed by atoms with Gasteiger partial charge in [0.1, 0.15) is 19.1 Å². The zero-order chi connectivity index (χ0) is 12.8. The third kappa shape index (κ3) is 2.65. The molecule has 4 nitrogen and oxygen atoms in total. The summed E-state index contributed by atoms with van der Waals surface area (Å²) in [6.07, 6.45) is 5.58. The molecule has 96 valence electrons. The predicted molar refractivity (Wildman–Crippen MR) is 70.2 cm³/mol. The van der Waals surface area contributed by atoms with Crippen LogP contribution in [0, 0.1) is 0 Å². The summed E-state index contributed by atoms with van der Waals surface area (Å²) in [6, 6.07) is 3.85. The summed E-state index contributed by atoms with van der Waals surface area (Å²) in [5.74, 6) is 2.03. The van der Waals surface area contributed by atoms with Crippen LogP contribution in [-0.4, -0.2) is 20.2 Å². The molecule has 0 spiro atoms. The molecule has 0 saturated heterocycles. The highest BCUT2D eigenvalue weighted by Gasteiger charge is 2.18. The third-order valence-electron chi connectivity index (χ3n) is 2.56. The molecule has 0 atom stereocenters. The molecule has 18 heavy (non-hydrogen) atoms. The van der Waals surface area contributed by atoms with Crippen molar-refractivity contribution in [3.05, 3.63) is 42.9 Å². The monoisotopic (exact) mass is 247 g/mol. The topological polar surface area (TPSA) is 39.7 Å². The van der Waals surface area contributed by atoms with E-state index >= 15 is 0 Å². The van der Waals surface area contributed by atoms with Crippen LogP contribution in [0.15, 0.2) is 37.3 Å². The number of rotatable bonds is 6. The number of hydrogen-bond donors (Lipinski definition) is 1. The van der Waals surface area contributed by atoms with Gasteiger partial charge in [-0.25, -0.2) is 0 Å². The molecule has 0 radical (unpaired) electrons. The second kappa shape index (κ2) is 6.12. The van der Waals surface area contributed by atoms with Crippen LogP contribution in [0.5, 0.6) is 17.2 Å². The van der Waals surface area contributed by atoms with Gasteiger partial charge in [-0.15, -0.1) is 6.58 Å². The van der Waals surface area contributed by atoms with E-state index in [1.165, 1.54) is 12.5 Å². The lowest BCUT2D eigenvalue weighted by Gasteiger charge is -2.19. The first kappa shape index (κ1) is 12.5. The zero-order valence-electron chi connectivity index (χ0n) is 10.4. The number of hydrogen-bond acceptors (Lipinski definition) is 4. The molecule has 0 unspecified atom stereocenters. The standard InChI is InChI=1S/C14H17NO3/c1-3-4-11-5-6-12-14(18-10-9-16-12)13(11)17-8-7-15-2/h3,5-6,9-10,15H,1,4,7-8H2,2H3. The van der Waals surface area contributed by atoms with Crippen molar-refractivity contribution in [1.29, 1.82) is 0 Å². The maximum atomic E-state index is 5.78. The van der Waals surface area contributed by atoms with Gasteiger partial charge in [0.05, 0.1) is 0 Å². The minimum absolute atomic E-state index is 0.574. The summed E-state index contributed by atoms with van der Waals surface area (Å²) in [7, 11) is 1.89. The summed E-state index contributed by atoms with van der Waals surface area (Å²) in [4.78, 5) is 0. The summed E-state index contributed by atoms with van der Waals surface area (Å²) >= 11 is 0. The van der Waals surface area contributed by atoms with Crippen LogP contribution in [0.4, 0.5) is 0 Å².